The molecule has 4 heteroatoms. The minimum Gasteiger partial charge on any atom is -0.437 e. The summed E-state index contributed by atoms with van der Waals surface area (Å²) >= 11 is 0. The maximum atomic E-state index is 6.50. The molecular formula is C29H32N3O+. The summed E-state index contributed by atoms with van der Waals surface area (Å²) in [5, 5.41) is 2.18. The molecule has 0 aliphatic rings. The van der Waals surface area contributed by atoms with Crippen molar-refractivity contribution in [3.05, 3.63) is 77.7 Å². The molecule has 0 spiro atoms. The number of hydrogen-bond donors (Lipinski definition) is 0. The molecule has 0 fully saturated rings. The number of furan rings is 1. The topological polar surface area (TPSA) is 34.8 Å². The molecule has 5 rings (SSSR count). The highest BCUT2D eigenvalue weighted by molar-refractivity contribution is 6.08. The summed E-state index contributed by atoms with van der Waals surface area (Å²) in [5.74, 6) is 2.08. The Balaban J connectivity index is 1.78. The monoisotopic (exact) mass is 438 g/mol. The molecule has 0 saturated carbocycles. The van der Waals surface area contributed by atoms with Gasteiger partial charge in [0.25, 0.3) is 5.82 Å². The first-order valence-electron chi connectivity index (χ1n) is 11.8. The molecule has 3 heterocycles. The number of para-hydroxylation sites is 1. The number of rotatable bonds is 5. The summed E-state index contributed by atoms with van der Waals surface area (Å²) in [5.41, 5.74) is 7.52. The van der Waals surface area contributed by atoms with Crippen LogP contribution in [0.2, 0.25) is 0 Å². The maximum Gasteiger partial charge on any atom is 0.297 e. The largest absolute Gasteiger partial charge is 0.437 e. The second kappa shape index (κ2) is 8.18. The summed E-state index contributed by atoms with van der Waals surface area (Å²) in [7, 11) is 2.10. The Labute approximate surface area is 195 Å². The Morgan fingerprint density at radius 2 is 1.73 bits per heavy atom. The number of imidazole rings is 1. The van der Waals surface area contributed by atoms with Crippen LogP contribution in [0.1, 0.15) is 50.4 Å². The Kier molecular flexibility index (Phi) is 5.32. The molecular weight excluding hydrogens is 406 g/mol. The van der Waals surface area contributed by atoms with Crippen LogP contribution in [-0.4, -0.2) is 9.55 Å². The first kappa shape index (κ1) is 21.4. The molecule has 0 bridgehead atoms. The third-order valence-corrected chi connectivity index (χ3v) is 6.43. The fourth-order valence-electron chi connectivity index (χ4n) is 4.83. The summed E-state index contributed by atoms with van der Waals surface area (Å²) in [6, 6.07) is 17.3. The molecule has 0 saturated heterocycles. The predicted molar refractivity (Wildman–Crippen MR) is 135 cm³/mol. The minimum atomic E-state index is 0.424. The van der Waals surface area contributed by atoms with E-state index in [1.807, 2.05) is 0 Å². The lowest BCUT2D eigenvalue weighted by Crippen LogP contribution is -2.29. The van der Waals surface area contributed by atoms with Gasteiger partial charge in [0, 0.05) is 22.0 Å². The van der Waals surface area contributed by atoms with Crippen LogP contribution in [0.4, 0.5) is 0 Å². The van der Waals surface area contributed by atoms with Crippen molar-refractivity contribution >= 4 is 22.1 Å². The molecule has 0 aliphatic carbocycles. The van der Waals surface area contributed by atoms with Crippen LogP contribution in [0.3, 0.4) is 0 Å². The van der Waals surface area contributed by atoms with E-state index in [9.17, 15) is 0 Å². The van der Waals surface area contributed by atoms with Crippen molar-refractivity contribution in [3.63, 3.8) is 0 Å². The molecule has 0 atom stereocenters. The van der Waals surface area contributed by atoms with Gasteiger partial charge >= 0.3 is 0 Å². The van der Waals surface area contributed by atoms with E-state index in [0.717, 1.165) is 45.6 Å². The number of aromatic nitrogens is 3. The second-order valence-corrected chi connectivity index (χ2v) is 9.81. The molecule has 33 heavy (non-hydrogen) atoms. The van der Waals surface area contributed by atoms with Crippen LogP contribution in [0.25, 0.3) is 39.1 Å². The van der Waals surface area contributed by atoms with Gasteiger partial charge in [0.2, 0.25) is 5.71 Å². The third kappa shape index (κ3) is 3.64. The average molecular weight is 439 g/mol. The Morgan fingerprint density at radius 1 is 0.970 bits per heavy atom. The van der Waals surface area contributed by atoms with Crippen LogP contribution in [-0.2, 0) is 13.5 Å². The molecule has 0 radical (unpaired) electrons. The normalized spacial score (nSPS) is 12.0. The first-order chi connectivity index (χ1) is 15.8. The average Bonchev–Trinajstić information content (AvgIpc) is 3.33. The third-order valence-electron chi connectivity index (χ3n) is 6.43. The van der Waals surface area contributed by atoms with Gasteiger partial charge < -0.3 is 4.42 Å². The second-order valence-electron chi connectivity index (χ2n) is 9.81. The molecule has 0 N–H and O–H groups in total. The Bertz CT molecular complexity index is 1470. The zero-order valence-corrected chi connectivity index (χ0v) is 20.4. The highest BCUT2D eigenvalue weighted by Crippen LogP contribution is 2.38. The van der Waals surface area contributed by atoms with Crippen LogP contribution >= 0.6 is 0 Å². The van der Waals surface area contributed by atoms with Gasteiger partial charge in [-0.25, -0.2) is 9.55 Å². The lowest BCUT2D eigenvalue weighted by atomic mass is 10.00. The molecule has 0 unspecified atom stereocenters. The van der Waals surface area contributed by atoms with Crippen LogP contribution in [0.5, 0.6) is 0 Å². The lowest BCUT2D eigenvalue weighted by Gasteiger charge is -2.12. The van der Waals surface area contributed by atoms with E-state index < -0.39 is 0 Å². The van der Waals surface area contributed by atoms with E-state index in [0.29, 0.717) is 11.8 Å². The summed E-state index contributed by atoms with van der Waals surface area (Å²) in [6.45, 7) is 11.1. The first-order valence-corrected chi connectivity index (χ1v) is 11.8. The van der Waals surface area contributed by atoms with Crippen molar-refractivity contribution in [1.29, 1.82) is 0 Å². The van der Waals surface area contributed by atoms with Gasteiger partial charge in [-0.15, -0.1) is 0 Å². The van der Waals surface area contributed by atoms with Crippen molar-refractivity contribution in [3.8, 4) is 17.1 Å². The quantitative estimate of drug-likeness (QED) is 0.280. The van der Waals surface area contributed by atoms with Crippen molar-refractivity contribution in [2.24, 2.45) is 13.0 Å². The number of nitrogens with zero attached hydrogens (tertiary/aromatic N) is 3. The highest BCUT2D eigenvalue weighted by Gasteiger charge is 2.27. The summed E-state index contributed by atoms with van der Waals surface area (Å²) < 4.78 is 11.0. The van der Waals surface area contributed by atoms with E-state index in [1.165, 1.54) is 16.8 Å². The van der Waals surface area contributed by atoms with Crippen LogP contribution in [0, 0.1) is 12.8 Å². The molecule has 0 amide bonds. The summed E-state index contributed by atoms with van der Waals surface area (Å²) in [6.07, 6.45) is 5.21. The van der Waals surface area contributed by atoms with E-state index >= 15 is 0 Å². The Morgan fingerprint density at radius 3 is 2.48 bits per heavy atom. The van der Waals surface area contributed by atoms with Gasteiger partial charge in [0.05, 0.1) is 7.05 Å². The van der Waals surface area contributed by atoms with Gasteiger partial charge in [0.1, 0.15) is 23.6 Å². The van der Waals surface area contributed by atoms with Crippen molar-refractivity contribution in [1.82, 2.24) is 9.55 Å². The van der Waals surface area contributed by atoms with Crippen molar-refractivity contribution in [2.45, 2.75) is 47.0 Å². The SMILES string of the molecule is Cc1ccc2c(oc3nc(CC(C)C)ccc32)c1-c1n(-c2ccccc2C(C)C)cc[n+]1C. The van der Waals surface area contributed by atoms with E-state index in [4.69, 9.17) is 9.40 Å². The van der Waals surface area contributed by atoms with Crippen molar-refractivity contribution < 1.29 is 8.98 Å². The van der Waals surface area contributed by atoms with E-state index in [1.54, 1.807) is 0 Å². The van der Waals surface area contributed by atoms with Crippen LogP contribution in [0.15, 0.2) is 65.3 Å². The van der Waals surface area contributed by atoms with Crippen molar-refractivity contribution in [2.75, 3.05) is 0 Å². The maximum absolute atomic E-state index is 6.50. The van der Waals surface area contributed by atoms with Crippen LogP contribution < -0.4 is 4.57 Å². The van der Waals surface area contributed by atoms with Gasteiger partial charge in [0.15, 0.2) is 5.58 Å². The number of hydrogen-bond acceptors (Lipinski definition) is 2. The molecule has 2 aromatic carbocycles. The number of aryl methyl sites for hydroxylation is 2. The number of pyridine rings is 1. The van der Waals surface area contributed by atoms with Gasteiger partial charge in [-0.1, -0.05) is 58.0 Å². The minimum absolute atomic E-state index is 0.424. The fraction of sp³-hybridized carbons (Fsp3) is 0.310. The van der Waals surface area contributed by atoms with E-state index in [2.05, 4.69) is 112 Å². The van der Waals surface area contributed by atoms with E-state index in [-0.39, 0.29) is 0 Å². The molecule has 5 aromatic rings. The predicted octanol–water partition coefficient (Wildman–Crippen LogP) is 6.89. The zero-order chi connectivity index (χ0) is 23.3. The highest BCUT2D eigenvalue weighted by atomic mass is 16.3. The Hall–Kier alpha value is -3.40. The number of fused-ring (bicyclic) bond motifs is 3. The standard InChI is InChI=1S/C29H32N3O/c1-18(2)17-21-12-14-24-23-13-11-20(5)26(27(23)33-28(24)30-21)29-31(6)15-16-32(29)25-10-8-7-9-22(25)19(3)4/h7-16,18-19H,17H2,1-6H3/q+1. The zero-order valence-electron chi connectivity index (χ0n) is 20.4. The van der Waals surface area contributed by atoms with Gasteiger partial charge in [-0.2, -0.15) is 4.57 Å². The van der Waals surface area contributed by atoms with Gasteiger partial charge in [-0.05, 0) is 48.9 Å². The van der Waals surface area contributed by atoms with Gasteiger partial charge in [-0.3, -0.25) is 0 Å². The summed E-state index contributed by atoms with van der Waals surface area (Å²) in [4.78, 5) is 4.86. The lowest BCUT2D eigenvalue weighted by molar-refractivity contribution is -0.659. The smallest absolute Gasteiger partial charge is 0.297 e. The fourth-order valence-corrected chi connectivity index (χ4v) is 4.83. The number of benzene rings is 2. The molecule has 168 valence electrons. The molecule has 4 nitrogen and oxygen atoms in total. The molecule has 3 aromatic heterocycles. The molecule has 0 aliphatic heterocycles.